The molecule has 0 aliphatic carbocycles. The largest absolute Gasteiger partial charge is 0.434 e. The van der Waals surface area contributed by atoms with E-state index >= 15 is 0 Å². The first-order valence-corrected chi connectivity index (χ1v) is 9.48. The first-order chi connectivity index (χ1) is 11.9. The predicted octanol–water partition coefficient (Wildman–Crippen LogP) is 3.57. The Morgan fingerprint density at radius 1 is 1.35 bits per heavy atom. The molecule has 1 aromatic heterocycles. The summed E-state index contributed by atoms with van der Waals surface area (Å²) in [6, 6.07) is 0. The Bertz CT molecular complexity index is 556. The summed E-state index contributed by atoms with van der Waals surface area (Å²) in [6.07, 6.45) is -0.884. The van der Waals surface area contributed by atoms with E-state index in [0.717, 1.165) is 55.7 Å². The molecule has 5 nitrogen and oxygen atoms in total. The van der Waals surface area contributed by atoms with E-state index in [1.807, 2.05) is 0 Å². The van der Waals surface area contributed by atoms with Crippen molar-refractivity contribution in [3.8, 4) is 0 Å². The lowest BCUT2D eigenvalue weighted by molar-refractivity contribution is -0.140. The Labute approximate surface area is 173 Å². The number of nitrogens with one attached hydrogen (secondary N) is 2. The summed E-state index contributed by atoms with van der Waals surface area (Å²) in [6.45, 7) is 6.68. The highest BCUT2D eigenvalue weighted by molar-refractivity contribution is 14.0. The van der Waals surface area contributed by atoms with Gasteiger partial charge in [0.05, 0.1) is 6.54 Å². The van der Waals surface area contributed by atoms with E-state index < -0.39 is 11.9 Å². The number of aliphatic imine (C=N–C) groups is 1. The smallest absolute Gasteiger partial charge is 0.356 e. The third-order valence-corrected chi connectivity index (χ3v) is 5.13. The van der Waals surface area contributed by atoms with Crippen LogP contribution in [0.4, 0.5) is 13.2 Å². The molecule has 1 aromatic rings. The summed E-state index contributed by atoms with van der Waals surface area (Å²) >= 11 is 0.998. The fourth-order valence-electron chi connectivity index (χ4n) is 2.87. The van der Waals surface area contributed by atoms with E-state index in [2.05, 4.69) is 32.4 Å². The molecule has 0 saturated carbocycles. The molecule has 1 aliphatic heterocycles. The van der Waals surface area contributed by atoms with E-state index in [9.17, 15) is 13.2 Å². The SMILES string of the molecule is CCCN1CCC(CNC(=NC)NCc2nc(C(F)(F)F)cs2)CC1.I. The first kappa shape index (κ1) is 23.4. The molecular weight excluding hydrogens is 478 g/mol. The van der Waals surface area contributed by atoms with Crippen molar-refractivity contribution in [2.45, 2.75) is 38.9 Å². The summed E-state index contributed by atoms with van der Waals surface area (Å²) in [5.41, 5.74) is -0.837. The molecule has 0 spiro atoms. The molecule has 2 rings (SSSR count). The third kappa shape index (κ3) is 7.55. The minimum Gasteiger partial charge on any atom is -0.356 e. The summed E-state index contributed by atoms with van der Waals surface area (Å²) in [7, 11) is 1.65. The molecule has 0 atom stereocenters. The lowest BCUT2D eigenvalue weighted by Gasteiger charge is -2.32. The van der Waals surface area contributed by atoms with Gasteiger partial charge in [0.15, 0.2) is 11.7 Å². The summed E-state index contributed by atoms with van der Waals surface area (Å²) in [5, 5.41) is 7.73. The van der Waals surface area contributed by atoms with Crippen LogP contribution in [-0.4, -0.2) is 49.1 Å². The van der Waals surface area contributed by atoms with Gasteiger partial charge in [-0.05, 0) is 44.8 Å². The molecule has 0 bridgehead atoms. The Morgan fingerprint density at radius 3 is 2.58 bits per heavy atom. The van der Waals surface area contributed by atoms with Gasteiger partial charge in [-0.15, -0.1) is 35.3 Å². The second-order valence-electron chi connectivity index (χ2n) is 6.22. The number of nitrogens with zero attached hydrogens (tertiary/aromatic N) is 3. The van der Waals surface area contributed by atoms with Crippen molar-refractivity contribution >= 4 is 41.3 Å². The van der Waals surface area contributed by atoms with Gasteiger partial charge in [-0.2, -0.15) is 13.2 Å². The lowest BCUT2D eigenvalue weighted by Crippen LogP contribution is -2.42. The second kappa shape index (κ2) is 11.3. The quantitative estimate of drug-likeness (QED) is 0.353. The van der Waals surface area contributed by atoms with Crippen LogP contribution >= 0.6 is 35.3 Å². The maximum absolute atomic E-state index is 12.6. The minimum atomic E-state index is -4.39. The van der Waals surface area contributed by atoms with Crippen LogP contribution in [0.5, 0.6) is 0 Å². The molecule has 0 aromatic carbocycles. The Balaban J connectivity index is 0.00000338. The zero-order valence-corrected chi connectivity index (χ0v) is 18.3. The summed E-state index contributed by atoms with van der Waals surface area (Å²) in [5.74, 6) is 1.20. The molecule has 26 heavy (non-hydrogen) atoms. The lowest BCUT2D eigenvalue weighted by atomic mass is 9.97. The number of halogens is 4. The first-order valence-electron chi connectivity index (χ1n) is 8.60. The van der Waals surface area contributed by atoms with Crippen LogP contribution < -0.4 is 10.6 Å². The number of thiazole rings is 1. The highest BCUT2D eigenvalue weighted by atomic mass is 127. The Morgan fingerprint density at radius 2 is 2.04 bits per heavy atom. The fourth-order valence-corrected chi connectivity index (χ4v) is 3.61. The van der Waals surface area contributed by atoms with Crippen LogP contribution in [0.2, 0.25) is 0 Å². The van der Waals surface area contributed by atoms with Crippen molar-refractivity contribution in [3.63, 3.8) is 0 Å². The van der Waals surface area contributed by atoms with Crippen LogP contribution in [0.1, 0.15) is 36.9 Å². The van der Waals surface area contributed by atoms with Gasteiger partial charge in [-0.1, -0.05) is 6.92 Å². The van der Waals surface area contributed by atoms with Gasteiger partial charge in [0, 0.05) is 19.0 Å². The minimum absolute atomic E-state index is 0. The van der Waals surface area contributed by atoms with E-state index in [1.165, 1.54) is 6.42 Å². The van der Waals surface area contributed by atoms with Gasteiger partial charge in [0.25, 0.3) is 0 Å². The van der Waals surface area contributed by atoms with Gasteiger partial charge < -0.3 is 15.5 Å². The number of piperidine rings is 1. The van der Waals surface area contributed by atoms with Crippen molar-refractivity contribution in [3.05, 3.63) is 16.1 Å². The van der Waals surface area contributed by atoms with E-state index in [1.54, 1.807) is 7.05 Å². The molecule has 1 fully saturated rings. The van der Waals surface area contributed by atoms with Crippen molar-refractivity contribution in [2.24, 2.45) is 10.9 Å². The van der Waals surface area contributed by atoms with Gasteiger partial charge in [0.1, 0.15) is 5.01 Å². The Hall–Kier alpha value is -0.620. The average Bonchev–Trinajstić information content (AvgIpc) is 3.06. The van der Waals surface area contributed by atoms with Crippen molar-refractivity contribution < 1.29 is 13.2 Å². The van der Waals surface area contributed by atoms with Crippen LogP contribution in [0, 0.1) is 5.92 Å². The summed E-state index contributed by atoms with van der Waals surface area (Å²) in [4.78, 5) is 10.2. The van der Waals surface area contributed by atoms with Gasteiger partial charge in [0.2, 0.25) is 0 Å². The molecule has 0 unspecified atom stereocenters. The molecule has 10 heteroatoms. The highest BCUT2D eigenvalue weighted by Crippen LogP contribution is 2.29. The number of guanidine groups is 1. The van der Waals surface area contributed by atoms with E-state index in [4.69, 9.17) is 0 Å². The van der Waals surface area contributed by atoms with Gasteiger partial charge in [-0.3, -0.25) is 4.99 Å². The number of hydrogen-bond donors (Lipinski definition) is 2. The normalized spacial score (nSPS) is 17.0. The van der Waals surface area contributed by atoms with Crippen molar-refractivity contribution in [2.75, 3.05) is 33.2 Å². The topological polar surface area (TPSA) is 52.5 Å². The van der Waals surface area contributed by atoms with E-state index in [0.29, 0.717) is 16.9 Å². The maximum Gasteiger partial charge on any atom is 0.434 e. The van der Waals surface area contributed by atoms with Crippen LogP contribution in [0.25, 0.3) is 0 Å². The molecular formula is C16H27F3IN5S. The van der Waals surface area contributed by atoms with Gasteiger partial charge >= 0.3 is 6.18 Å². The Kier molecular flexibility index (Phi) is 10.2. The number of likely N-dealkylation sites (tertiary alicyclic amines) is 1. The van der Waals surface area contributed by atoms with Crippen LogP contribution in [-0.2, 0) is 12.7 Å². The van der Waals surface area contributed by atoms with Crippen LogP contribution in [0.3, 0.4) is 0 Å². The zero-order chi connectivity index (χ0) is 18.3. The monoisotopic (exact) mass is 505 g/mol. The number of alkyl halides is 3. The molecule has 2 heterocycles. The standard InChI is InChI=1S/C16H26F3N5S.HI/c1-3-6-24-7-4-12(5-8-24)9-21-15(20-2)22-10-14-23-13(11-25-14)16(17,18)19;/h11-12H,3-10H2,1-2H3,(H2,20,21,22);1H. The number of rotatable bonds is 6. The van der Waals surface area contributed by atoms with Crippen molar-refractivity contribution in [1.29, 1.82) is 0 Å². The fraction of sp³-hybridized carbons (Fsp3) is 0.750. The highest BCUT2D eigenvalue weighted by Gasteiger charge is 2.33. The molecule has 0 radical (unpaired) electrons. The maximum atomic E-state index is 12.6. The second-order valence-corrected chi connectivity index (χ2v) is 7.16. The predicted molar refractivity (Wildman–Crippen MR) is 110 cm³/mol. The molecule has 1 aliphatic rings. The molecule has 0 amide bonds. The average molecular weight is 505 g/mol. The number of aromatic nitrogens is 1. The summed E-state index contributed by atoms with van der Waals surface area (Å²) < 4.78 is 37.7. The number of hydrogen-bond acceptors (Lipinski definition) is 4. The van der Waals surface area contributed by atoms with E-state index in [-0.39, 0.29) is 30.5 Å². The molecule has 150 valence electrons. The third-order valence-electron chi connectivity index (χ3n) is 4.28. The molecule has 1 saturated heterocycles. The van der Waals surface area contributed by atoms with Gasteiger partial charge in [-0.25, -0.2) is 4.98 Å². The molecule has 2 N–H and O–H groups in total. The van der Waals surface area contributed by atoms with Crippen LogP contribution in [0.15, 0.2) is 10.4 Å². The van der Waals surface area contributed by atoms with Crippen molar-refractivity contribution in [1.82, 2.24) is 20.5 Å². The zero-order valence-electron chi connectivity index (χ0n) is 15.1.